The number of carboxylic acids is 1. The number of benzene rings is 1. The van der Waals surface area contributed by atoms with Gasteiger partial charge in [0.25, 0.3) is 5.91 Å². The number of carboxylic acid groups (broad SMARTS) is 1. The third kappa shape index (κ3) is 4.37. The molecule has 29 heavy (non-hydrogen) atoms. The van der Waals surface area contributed by atoms with Crippen LogP contribution in [0, 0.1) is 5.82 Å². The summed E-state index contributed by atoms with van der Waals surface area (Å²) >= 11 is 1.17. The SMILES string of the molecule is O=C([O-])CCCCCN1C(=O)C(O)=C(C(=O)c2cccs2)[C@H]1c1ccccc1F. The number of nitrogens with zero attached hydrogens (tertiary/aromatic N) is 1. The summed E-state index contributed by atoms with van der Waals surface area (Å²) < 4.78 is 14.6. The van der Waals surface area contributed by atoms with Gasteiger partial charge in [-0.1, -0.05) is 30.7 Å². The number of halogens is 1. The molecule has 2 aromatic rings. The number of aliphatic carboxylic acids is 1. The van der Waals surface area contributed by atoms with E-state index in [2.05, 4.69) is 0 Å². The number of Topliss-reactive ketones (excluding diaryl/α,β-unsaturated/α-hetero) is 1. The molecular formula is C21H19FNO5S-. The quantitative estimate of drug-likeness (QED) is 0.501. The summed E-state index contributed by atoms with van der Waals surface area (Å²) in [6.45, 7) is 0.149. The maximum atomic E-state index is 14.6. The normalized spacial score (nSPS) is 16.5. The molecule has 0 bridgehead atoms. The van der Waals surface area contributed by atoms with E-state index in [9.17, 15) is 29.0 Å². The zero-order valence-electron chi connectivity index (χ0n) is 15.5. The molecule has 3 rings (SSSR count). The van der Waals surface area contributed by atoms with Crippen molar-refractivity contribution in [2.45, 2.75) is 31.7 Å². The van der Waals surface area contributed by atoms with Crippen molar-refractivity contribution in [3.8, 4) is 0 Å². The van der Waals surface area contributed by atoms with E-state index in [1.54, 1.807) is 23.6 Å². The molecule has 0 radical (unpaired) electrons. The Morgan fingerprint density at radius 1 is 1.14 bits per heavy atom. The number of carbonyl (C=O) groups is 3. The molecule has 152 valence electrons. The average Bonchev–Trinajstić information content (AvgIpc) is 3.30. The van der Waals surface area contributed by atoms with E-state index in [-0.39, 0.29) is 24.1 Å². The van der Waals surface area contributed by atoms with Crippen LogP contribution in [-0.2, 0) is 9.59 Å². The summed E-state index contributed by atoms with van der Waals surface area (Å²) in [5.74, 6) is -3.66. The van der Waals surface area contributed by atoms with Crippen LogP contribution in [0.1, 0.15) is 47.0 Å². The summed E-state index contributed by atoms with van der Waals surface area (Å²) in [6, 6.07) is 8.04. The highest BCUT2D eigenvalue weighted by molar-refractivity contribution is 7.12. The van der Waals surface area contributed by atoms with E-state index in [0.717, 1.165) is 0 Å². The van der Waals surface area contributed by atoms with Crippen LogP contribution in [0.5, 0.6) is 0 Å². The summed E-state index contributed by atoms with van der Waals surface area (Å²) in [4.78, 5) is 37.8. The molecule has 0 fully saturated rings. The second-order valence-corrected chi connectivity index (χ2v) is 7.62. The molecule has 1 aliphatic rings. The molecule has 0 spiro atoms. The number of ketones is 1. The van der Waals surface area contributed by atoms with Gasteiger partial charge in [-0.3, -0.25) is 9.59 Å². The van der Waals surface area contributed by atoms with E-state index >= 15 is 0 Å². The Kier molecular flexibility index (Phi) is 6.43. The third-order valence-electron chi connectivity index (χ3n) is 4.77. The van der Waals surface area contributed by atoms with Crippen molar-refractivity contribution in [1.82, 2.24) is 4.90 Å². The first-order chi connectivity index (χ1) is 13.9. The first-order valence-corrected chi connectivity index (χ1v) is 10.1. The van der Waals surface area contributed by atoms with Gasteiger partial charge in [-0.25, -0.2) is 4.39 Å². The minimum atomic E-state index is -1.14. The highest BCUT2D eigenvalue weighted by Gasteiger charge is 2.44. The summed E-state index contributed by atoms with van der Waals surface area (Å²) in [5, 5.41) is 22.7. The Morgan fingerprint density at radius 2 is 1.90 bits per heavy atom. The van der Waals surface area contributed by atoms with Crippen LogP contribution in [0.3, 0.4) is 0 Å². The Labute approximate surface area is 170 Å². The lowest BCUT2D eigenvalue weighted by Crippen LogP contribution is -2.32. The highest BCUT2D eigenvalue weighted by Crippen LogP contribution is 2.40. The van der Waals surface area contributed by atoms with Crippen LogP contribution in [-0.4, -0.2) is 34.2 Å². The number of amides is 1. The van der Waals surface area contributed by atoms with E-state index in [0.29, 0.717) is 24.1 Å². The Bertz CT molecular complexity index is 954. The van der Waals surface area contributed by atoms with Gasteiger partial charge in [0.15, 0.2) is 5.76 Å². The average molecular weight is 416 g/mol. The van der Waals surface area contributed by atoms with E-state index in [4.69, 9.17) is 0 Å². The zero-order chi connectivity index (χ0) is 21.0. The molecule has 0 unspecified atom stereocenters. The number of thiophene rings is 1. The van der Waals surface area contributed by atoms with Crippen LogP contribution in [0.25, 0.3) is 0 Å². The van der Waals surface area contributed by atoms with Crippen molar-refractivity contribution in [3.63, 3.8) is 0 Å². The van der Waals surface area contributed by atoms with Gasteiger partial charge < -0.3 is 19.9 Å². The van der Waals surface area contributed by atoms with Gasteiger partial charge >= 0.3 is 0 Å². The lowest BCUT2D eigenvalue weighted by molar-refractivity contribution is -0.305. The monoisotopic (exact) mass is 416 g/mol. The van der Waals surface area contributed by atoms with Crippen molar-refractivity contribution in [1.29, 1.82) is 0 Å². The second kappa shape index (κ2) is 9.00. The minimum Gasteiger partial charge on any atom is -0.550 e. The number of carbonyl (C=O) groups excluding carboxylic acids is 3. The standard InChI is InChI=1S/C21H20FNO5S/c22-14-8-4-3-7-13(14)18-17(19(26)15-9-6-12-29-15)20(27)21(28)23(18)11-5-1-2-10-16(24)25/h3-4,6-9,12,18,27H,1-2,5,10-11H2,(H,24,25)/p-1/t18-/m1/s1. The number of rotatable bonds is 9. The van der Waals surface area contributed by atoms with E-state index < -0.39 is 35.3 Å². The van der Waals surface area contributed by atoms with Crippen LogP contribution in [0.2, 0.25) is 0 Å². The minimum absolute atomic E-state index is 0.0870. The summed E-state index contributed by atoms with van der Waals surface area (Å²) in [5.41, 5.74) is -0.0168. The fraction of sp³-hybridized carbons (Fsp3) is 0.286. The molecule has 1 aromatic carbocycles. The lowest BCUT2D eigenvalue weighted by atomic mass is 9.95. The zero-order valence-corrected chi connectivity index (χ0v) is 16.3. The Balaban J connectivity index is 1.90. The van der Waals surface area contributed by atoms with Gasteiger partial charge in [0.2, 0.25) is 5.78 Å². The molecule has 1 aliphatic heterocycles. The van der Waals surface area contributed by atoms with Crippen LogP contribution in [0.4, 0.5) is 4.39 Å². The number of hydrogen-bond acceptors (Lipinski definition) is 6. The molecule has 1 atom stereocenters. The Morgan fingerprint density at radius 3 is 2.55 bits per heavy atom. The molecule has 0 aliphatic carbocycles. The van der Waals surface area contributed by atoms with Crippen LogP contribution < -0.4 is 5.11 Å². The predicted molar refractivity (Wildman–Crippen MR) is 103 cm³/mol. The van der Waals surface area contributed by atoms with Gasteiger partial charge in [-0.2, -0.15) is 0 Å². The lowest BCUT2D eigenvalue weighted by Gasteiger charge is -2.27. The summed E-state index contributed by atoms with van der Waals surface area (Å²) in [6.07, 6.45) is 1.25. The summed E-state index contributed by atoms with van der Waals surface area (Å²) in [7, 11) is 0. The molecule has 2 heterocycles. The number of aliphatic hydroxyl groups excluding tert-OH is 1. The fourth-order valence-electron chi connectivity index (χ4n) is 3.41. The first kappa shape index (κ1) is 20.7. The molecule has 0 saturated heterocycles. The second-order valence-electron chi connectivity index (χ2n) is 6.67. The number of unbranched alkanes of at least 4 members (excludes halogenated alkanes) is 2. The molecule has 0 saturated carbocycles. The van der Waals surface area contributed by atoms with Crippen molar-refractivity contribution < 1.29 is 29.0 Å². The van der Waals surface area contributed by atoms with Gasteiger partial charge in [-0.15, -0.1) is 11.3 Å². The van der Waals surface area contributed by atoms with Crippen LogP contribution >= 0.6 is 11.3 Å². The van der Waals surface area contributed by atoms with Crippen molar-refractivity contribution in [2.24, 2.45) is 0 Å². The first-order valence-electron chi connectivity index (χ1n) is 9.18. The van der Waals surface area contributed by atoms with Crippen molar-refractivity contribution in [2.75, 3.05) is 6.54 Å². The number of hydrogen-bond donors (Lipinski definition) is 1. The van der Waals surface area contributed by atoms with Gasteiger partial charge in [0.05, 0.1) is 16.5 Å². The van der Waals surface area contributed by atoms with E-state index in [1.165, 1.54) is 34.4 Å². The van der Waals surface area contributed by atoms with Crippen molar-refractivity contribution in [3.05, 3.63) is 69.4 Å². The van der Waals surface area contributed by atoms with E-state index in [1.807, 2.05) is 0 Å². The predicted octanol–water partition coefficient (Wildman–Crippen LogP) is 2.78. The largest absolute Gasteiger partial charge is 0.550 e. The van der Waals surface area contributed by atoms with Crippen molar-refractivity contribution >= 4 is 29.0 Å². The maximum Gasteiger partial charge on any atom is 0.290 e. The third-order valence-corrected chi connectivity index (χ3v) is 5.64. The molecule has 1 aromatic heterocycles. The van der Waals surface area contributed by atoms with Gasteiger partial charge in [-0.05, 0) is 36.8 Å². The van der Waals surface area contributed by atoms with Gasteiger partial charge in [0, 0.05) is 18.1 Å². The molecule has 1 amide bonds. The number of aliphatic hydroxyl groups is 1. The maximum absolute atomic E-state index is 14.6. The van der Waals surface area contributed by atoms with Gasteiger partial charge in [0.1, 0.15) is 5.82 Å². The fourth-order valence-corrected chi connectivity index (χ4v) is 4.08. The molecule has 6 nitrogen and oxygen atoms in total. The molecular weight excluding hydrogens is 397 g/mol. The topological polar surface area (TPSA) is 97.7 Å². The van der Waals surface area contributed by atoms with Crippen LogP contribution in [0.15, 0.2) is 53.1 Å². The highest BCUT2D eigenvalue weighted by atomic mass is 32.1. The smallest absolute Gasteiger partial charge is 0.290 e. The molecule has 1 N–H and O–H groups in total. The Hall–Kier alpha value is -3.00. The molecule has 8 heteroatoms.